The summed E-state index contributed by atoms with van der Waals surface area (Å²) in [5, 5.41) is 4.16. The van der Waals surface area contributed by atoms with Crippen molar-refractivity contribution in [2.75, 3.05) is 6.54 Å². The van der Waals surface area contributed by atoms with Crippen LogP contribution in [0.5, 0.6) is 0 Å². The zero-order valence-corrected chi connectivity index (χ0v) is 15.8. The minimum atomic E-state index is -3.54. The summed E-state index contributed by atoms with van der Waals surface area (Å²) in [5.74, 6) is 0.399. The molecule has 138 valence electrons. The van der Waals surface area contributed by atoms with Crippen molar-refractivity contribution in [1.29, 1.82) is 0 Å². The molecule has 1 aromatic rings. The summed E-state index contributed by atoms with van der Waals surface area (Å²) >= 11 is 0. The lowest BCUT2D eigenvalue weighted by atomic mass is 9.86. The molecule has 6 heteroatoms. The molecule has 1 saturated carbocycles. The van der Waals surface area contributed by atoms with Crippen LogP contribution < -0.4 is 10.0 Å². The molecule has 2 N–H and O–H groups in total. The topological polar surface area (TPSA) is 75.3 Å². The minimum absolute atomic E-state index is 0.0936. The summed E-state index contributed by atoms with van der Waals surface area (Å²) in [4.78, 5) is 12.0. The van der Waals surface area contributed by atoms with Gasteiger partial charge in [0, 0.05) is 24.4 Å². The zero-order valence-electron chi connectivity index (χ0n) is 15.0. The summed E-state index contributed by atoms with van der Waals surface area (Å²) in [7, 11) is -3.54. The third kappa shape index (κ3) is 7.00. The summed E-state index contributed by atoms with van der Waals surface area (Å²) in [5.41, 5.74) is 1.94. The maximum absolute atomic E-state index is 12.0. The fourth-order valence-electron chi connectivity index (χ4n) is 3.01. The Balaban J connectivity index is 1.75. The van der Waals surface area contributed by atoms with Crippen molar-refractivity contribution < 1.29 is 13.2 Å². The van der Waals surface area contributed by atoms with Crippen LogP contribution in [0.15, 0.2) is 29.7 Å². The molecule has 2 atom stereocenters. The first-order chi connectivity index (χ1) is 11.9. The lowest BCUT2D eigenvalue weighted by Crippen LogP contribution is -2.42. The molecule has 0 unspecified atom stereocenters. The lowest BCUT2D eigenvalue weighted by Gasteiger charge is -2.29. The second-order valence-corrected chi connectivity index (χ2v) is 8.49. The van der Waals surface area contributed by atoms with Gasteiger partial charge >= 0.3 is 0 Å². The van der Waals surface area contributed by atoms with Crippen LogP contribution in [0, 0.1) is 12.8 Å². The summed E-state index contributed by atoms with van der Waals surface area (Å²) in [6.45, 7) is 4.24. The molecule has 0 aromatic heterocycles. The van der Waals surface area contributed by atoms with E-state index in [4.69, 9.17) is 0 Å². The van der Waals surface area contributed by atoms with Gasteiger partial charge in [-0.2, -0.15) is 0 Å². The van der Waals surface area contributed by atoms with Crippen LogP contribution in [0.2, 0.25) is 0 Å². The quantitative estimate of drug-likeness (QED) is 0.781. The van der Waals surface area contributed by atoms with Gasteiger partial charge in [0.15, 0.2) is 0 Å². The molecule has 0 aliphatic heterocycles. The molecule has 0 radical (unpaired) electrons. The molecule has 1 fully saturated rings. The molecule has 0 spiro atoms. The highest BCUT2D eigenvalue weighted by Crippen LogP contribution is 2.23. The Bertz CT molecular complexity index is 696. The highest BCUT2D eigenvalue weighted by atomic mass is 32.2. The maximum Gasteiger partial charge on any atom is 0.233 e. The van der Waals surface area contributed by atoms with Gasteiger partial charge in [-0.3, -0.25) is 4.79 Å². The second kappa shape index (κ2) is 9.15. The van der Waals surface area contributed by atoms with Crippen LogP contribution in [-0.4, -0.2) is 26.9 Å². The molecule has 1 aliphatic carbocycles. The van der Waals surface area contributed by atoms with E-state index in [0.29, 0.717) is 5.92 Å². The average molecular weight is 365 g/mol. The van der Waals surface area contributed by atoms with E-state index in [1.54, 1.807) is 6.08 Å². The van der Waals surface area contributed by atoms with Crippen molar-refractivity contribution in [3.05, 3.63) is 40.8 Å². The lowest BCUT2D eigenvalue weighted by molar-refractivity contribution is -0.122. The molecule has 0 heterocycles. The number of aryl methyl sites for hydroxylation is 1. The van der Waals surface area contributed by atoms with Gasteiger partial charge in [-0.05, 0) is 37.3 Å². The van der Waals surface area contributed by atoms with Crippen molar-refractivity contribution in [3.8, 4) is 0 Å². The summed E-state index contributed by atoms with van der Waals surface area (Å²) in [6, 6.07) is 7.80. The van der Waals surface area contributed by atoms with Gasteiger partial charge in [-0.15, -0.1) is 0 Å². The van der Waals surface area contributed by atoms with Gasteiger partial charge < -0.3 is 5.32 Å². The molecule has 1 amide bonds. The van der Waals surface area contributed by atoms with Gasteiger partial charge in [0.05, 0.1) is 0 Å². The second-order valence-electron chi connectivity index (χ2n) is 6.84. The third-order valence-electron chi connectivity index (χ3n) is 4.63. The molecular weight excluding hydrogens is 336 g/mol. The maximum atomic E-state index is 12.0. The number of hydrogen-bond acceptors (Lipinski definition) is 3. The number of hydrogen-bond donors (Lipinski definition) is 2. The normalized spacial score (nSPS) is 21.4. The fraction of sp³-hybridized carbons (Fsp3) is 0.526. The van der Waals surface area contributed by atoms with E-state index >= 15 is 0 Å². The van der Waals surface area contributed by atoms with Crippen molar-refractivity contribution in [3.63, 3.8) is 0 Å². The smallest absolute Gasteiger partial charge is 0.233 e. The van der Waals surface area contributed by atoms with E-state index in [0.717, 1.165) is 35.8 Å². The number of sulfonamides is 1. The summed E-state index contributed by atoms with van der Waals surface area (Å²) in [6.07, 6.45) is 6.22. The number of rotatable bonds is 7. The van der Waals surface area contributed by atoms with Crippen LogP contribution in [-0.2, 0) is 14.8 Å². The summed E-state index contributed by atoms with van der Waals surface area (Å²) < 4.78 is 26.4. The van der Waals surface area contributed by atoms with Gasteiger partial charge in [0.2, 0.25) is 15.9 Å². The molecule has 2 rings (SSSR count). The monoisotopic (exact) mass is 364 g/mol. The van der Waals surface area contributed by atoms with E-state index in [1.807, 2.05) is 31.2 Å². The largest absolute Gasteiger partial charge is 0.353 e. The van der Waals surface area contributed by atoms with Crippen molar-refractivity contribution in [1.82, 2.24) is 10.0 Å². The predicted octanol–water partition coefficient (Wildman–Crippen LogP) is 2.97. The van der Waals surface area contributed by atoms with Crippen LogP contribution in [0.1, 0.15) is 50.2 Å². The van der Waals surface area contributed by atoms with E-state index in [-0.39, 0.29) is 24.9 Å². The van der Waals surface area contributed by atoms with E-state index < -0.39 is 10.0 Å². The molecular formula is C19H28N2O3S. The SMILES string of the molecule is Cc1ccc(/C=C/S(=O)(=O)NCCC(=O)N[C@@H]2CCCC[C@H]2C)cc1. The van der Waals surface area contributed by atoms with Gasteiger partial charge in [0.25, 0.3) is 0 Å². The molecule has 5 nitrogen and oxygen atoms in total. The van der Waals surface area contributed by atoms with Crippen molar-refractivity contribution in [2.45, 2.75) is 52.0 Å². The van der Waals surface area contributed by atoms with Gasteiger partial charge in [0.1, 0.15) is 0 Å². The van der Waals surface area contributed by atoms with Crippen LogP contribution in [0.4, 0.5) is 0 Å². The molecule has 0 bridgehead atoms. The Morgan fingerprint density at radius 3 is 2.56 bits per heavy atom. The van der Waals surface area contributed by atoms with Crippen LogP contribution in [0.25, 0.3) is 6.08 Å². The van der Waals surface area contributed by atoms with Crippen LogP contribution in [0.3, 0.4) is 0 Å². The predicted molar refractivity (Wildman–Crippen MR) is 101 cm³/mol. The fourth-order valence-corrected chi connectivity index (χ4v) is 3.83. The molecule has 0 saturated heterocycles. The van der Waals surface area contributed by atoms with E-state index in [1.165, 1.54) is 6.42 Å². The zero-order chi connectivity index (χ0) is 18.3. The third-order valence-corrected chi connectivity index (χ3v) is 5.73. The Morgan fingerprint density at radius 1 is 1.20 bits per heavy atom. The minimum Gasteiger partial charge on any atom is -0.353 e. The first kappa shape index (κ1) is 19.7. The first-order valence-electron chi connectivity index (χ1n) is 8.89. The number of carbonyl (C=O) groups excluding carboxylic acids is 1. The van der Waals surface area contributed by atoms with Crippen LogP contribution >= 0.6 is 0 Å². The highest BCUT2D eigenvalue weighted by molar-refractivity contribution is 7.92. The van der Waals surface area contributed by atoms with Gasteiger partial charge in [-0.25, -0.2) is 13.1 Å². The van der Waals surface area contributed by atoms with E-state index in [2.05, 4.69) is 17.0 Å². The Labute approximate surface area is 151 Å². The first-order valence-corrected chi connectivity index (χ1v) is 10.4. The number of carbonyl (C=O) groups is 1. The highest BCUT2D eigenvalue weighted by Gasteiger charge is 2.22. The Hall–Kier alpha value is -1.66. The molecule has 25 heavy (non-hydrogen) atoms. The van der Waals surface area contributed by atoms with Gasteiger partial charge in [-0.1, -0.05) is 49.6 Å². The number of benzene rings is 1. The standard InChI is InChI=1S/C19H28N2O3S/c1-15-7-9-17(10-8-15)12-14-25(23,24)20-13-11-19(22)21-18-6-4-3-5-16(18)2/h7-10,12,14,16,18,20H,3-6,11,13H2,1-2H3,(H,21,22)/b14-12+/t16-,18-/m1/s1. The number of amides is 1. The average Bonchev–Trinajstić information content (AvgIpc) is 2.56. The molecule has 1 aromatic carbocycles. The Kier molecular flexibility index (Phi) is 7.20. The number of nitrogens with one attached hydrogen (secondary N) is 2. The van der Waals surface area contributed by atoms with E-state index in [9.17, 15) is 13.2 Å². The van der Waals surface area contributed by atoms with Crippen molar-refractivity contribution in [2.24, 2.45) is 5.92 Å². The van der Waals surface area contributed by atoms with Crippen molar-refractivity contribution >= 4 is 22.0 Å². The molecule has 1 aliphatic rings. The Morgan fingerprint density at radius 2 is 1.88 bits per heavy atom.